The molecule has 1 fully saturated rings. The fourth-order valence-electron chi connectivity index (χ4n) is 2.12. The lowest BCUT2D eigenvalue weighted by Gasteiger charge is -2.27. The van der Waals surface area contributed by atoms with E-state index in [1.165, 1.54) is 31.1 Å². The third kappa shape index (κ3) is 2.74. The average Bonchev–Trinajstić information content (AvgIpc) is 3.23. The Labute approximate surface area is 116 Å². The Morgan fingerprint density at radius 2 is 2.10 bits per heavy atom. The van der Waals surface area contributed by atoms with Crippen LogP contribution in [0, 0.1) is 5.82 Å². The second-order valence-corrected chi connectivity index (χ2v) is 4.80. The van der Waals surface area contributed by atoms with Crippen molar-refractivity contribution in [3.63, 3.8) is 0 Å². The third-order valence-corrected chi connectivity index (χ3v) is 3.34. The molecule has 0 radical (unpaired) electrons. The van der Waals surface area contributed by atoms with Crippen molar-refractivity contribution < 1.29 is 23.8 Å². The first kappa shape index (κ1) is 14.3. The summed E-state index contributed by atoms with van der Waals surface area (Å²) < 4.78 is 18.4. The average molecular weight is 281 g/mol. The highest BCUT2D eigenvalue weighted by atomic mass is 19.1. The summed E-state index contributed by atoms with van der Waals surface area (Å²) in [5, 5.41) is 9.11. The number of benzene rings is 1. The normalized spacial score (nSPS) is 15.6. The number of rotatable bonds is 5. The Morgan fingerprint density at radius 3 is 2.60 bits per heavy atom. The summed E-state index contributed by atoms with van der Waals surface area (Å²) in [4.78, 5) is 24.9. The van der Waals surface area contributed by atoms with Gasteiger partial charge in [-0.25, -0.2) is 9.18 Å². The number of carboxylic acid groups (broad SMARTS) is 1. The number of methoxy groups -OCH3 is 1. The molecular weight excluding hydrogens is 265 g/mol. The molecule has 0 bridgehead atoms. The van der Waals surface area contributed by atoms with Gasteiger partial charge in [0, 0.05) is 6.04 Å². The topological polar surface area (TPSA) is 66.8 Å². The van der Waals surface area contributed by atoms with Gasteiger partial charge >= 0.3 is 5.97 Å². The van der Waals surface area contributed by atoms with Gasteiger partial charge in [0.2, 0.25) is 0 Å². The first-order chi connectivity index (χ1) is 9.45. The highest BCUT2D eigenvalue weighted by Gasteiger charge is 2.39. The van der Waals surface area contributed by atoms with E-state index >= 15 is 0 Å². The van der Waals surface area contributed by atoms with Gasteiger partial charge in [0.05, 0.1) is 12.7 Å². The van der Waals surface area contributed by atoms with Crippen molar-refractivity contribution in [2.45, 2.75) is 31.8 Å². The standard InChI is InChI=1S/C14H16FNO4/c1-8(14(18)19)16(10-4-5-10)13(17)11-7-9(15)3-6-12(11)20-2/h3,6-8,10H,4-5H2,1-2H3,(H,18,19). The summed E-state index contributed by atoms with van der Waals surface area (Å²) in [7, 11) is 1.38. The fourth-order valence-corrected chi connectivity index (χ4v) is 2.12. The number of nitrogens with zero attached hydrogens (tertiary/aromatic N) is 1. The summed E-state index contributed by atoms with van der Waals surface area (Å²) >= 11 is 0. The zero-order valence-electron chi connectivity index (χ0n) is 11.3. The molecule has 1 atom stereocenters. The van der Waals surface area contributed by atoms with Gasteiger partial charge < -0.3 is 14.7 Å². The number of carbonyl (C=O) groups excluding carboxylic acids is 1. The smallest absolute Gasteiger partial charge is 0.326 e. The van der Waals surface area contributed by atoms with Crippen LogP contribution in [0.2, 0.25) is 0 Å². The van der Waals surface area contributed by atoms with Gasteiger partial charge in [-0.1, -0.05) is 0 Å². The lowest BCUT2D eigenvalue weighted by atomic mass is 10.1. The van der Waals surface area contributed by atoms with Gasteiger partial charge in [-0.2, -0.15) is 0 Å². The minimum Gasteiger partial charge on any atom is -0.496 e. The Morgan fingerprint density at radius 1 is 1.45 bits per heavy atom. The van der Waals surface area contributed by atoms with E-state index in [0.717, 1.165) is 18.9 Å². The molecule has 2 rings (SSSR count). The lowest BCUT2D eigenvalue weighted by Crippen LogP contribution is -2.44. The number of halogens is 1. The van der Waals surface area contributed by atoms with Crippen molar-refractivity contribution in [1.29, 1.82) is 0 Å². The predicted molar refractivity (Wildman–Crippen MR) is 69.2 cm³/mol. The molecule has 0 aromatic heterocycles. The van der Waals surface area contributed by atoms with Crippen LogP contribution in [0.5, 0.6) is 5.75 Å². The van der Waals surface area contributed by atoms with Gasteiger partial charge in [0.1, 0.15) is 17.6 Å². The molecule has 1 aromatic carbocycles. The minimum atomic E-state index is -1.08. The zero-order valence-corrected chi connectivity index (χ0v) is 11.3. The SMILES string of the molecule is COc1ccc(F)cc1C(=O)N(C1CC1)C(C)C(=O)O. The van der Waals surface area contributed by atoms with Crippen molar-refractivity contribution in [3.8, 4) is 5.75 Å². The Hall–Kier alpha value is -2.11. The number of hydrogen-bond acceptors (Lipinski definition) is 3. The molecule has 1 unspecified atom stereocenters. The quantitative estimate of drug-likeness (QED) is 0.895. The molecular formula is C14H16FNO4. The van der Waals surface area contributed by atoms with Crippen molar-refractivity contribution in [1.82, 2.24) is 4.90 Å². The third-order valence-electron chi connectivity index (χ3n) is 3.34. The zero-order chi connectivity index (χ0) is 14.9. The maximum atomic E-state index is 13.3. The molecule has 0 saturated heterocycles. The predicted octanol–water partition coefficient (Wildman–Crippen LogP) is 1.91. The highest BCUT2D eigenvalue weighted by Crippen LogP contribution is 2.32. The Bertz CT molecular complexity index is 542. The van der Waals surface area contributed by atoms with Crippen LogP contribution in [0.1, 0.15) is 30.1 Å². The summed E-state index contributed by atoms with van der Waals surface area (Å²) in [5.41, 5.74) is 0.0486. The van der Waals surface area contributed by atoms with Crippen LogP contribution in [0.3, 0.4) is 0 Å². The molecule has 5 nitrogen and oxygen atoms in total. The van der Waals surface area contributed by atoms with Crippen LogP contribution in [-0.4, -0.2) is 41.1 Å². The van der Waals surface area contributed by atoms with Crippen LogP contribution in [0.4, 0.5) is 4.39 Å². The Kier molecular flexibility index (Phi) is 3.92. The van der Waals surface area contributed by atoms with E-state index in [-0.39, 0.29) is 17.4 Å². The summed E-state index contributed by atoms with van der Waals surface area (Å²) in [6.07, 6.45) is 1.53. The molecule has 1 N–H and O–H groups in total. The molecule has 0 spiro atoms. The van der Waals surface area contributed by atoms with Crippen LogP contribution in [0.25, 0.3) is 0 Å². The monoisotopic (exact) mass is 281 g/mol. The van der Waals surface area contributed by atoms with E-state index in [1.807, 2.05) is 0 Å². The van der Waals surface area contributed by atoms with Crippen LogP contribution >= 0.6 is 0 Å². The number of hydrogen-bond donors (Lipinski definition) is 1. The second kappa shape index (κ2) is 5.48. The van der Waals surface area contributed by atoms with E-state index in [0.29, 0.717) is 0 Å². The van der Waals surface area contributed by atoms with Gasteiger partial charge in [-0.3, -0.25) is 4.79 Å². The van der Waals surface area contributed by atoms with Gasteiger partial charge in [0.25, 0.3) is 5.91 Å². The van der Waals surface area contributed by atoms with Crippen LogP contribution < -0.4 is 4.74 Å². The molecule has 0 heterocycles. The molecule has 1 aliphatic rings. The molecule has 108 valence electrons. The van der Waals surface area contributed by atoms with Gasteiger partial charge in [-0.15, -0.1) is 0 Å². The molecule has 1 aliphatic carbocycles. The van der Waals surface area contributed by atoms with Crippen LogP contribution in [0.15, 0.2) is 18.2 Å². The highest BCUT2D eigenvalue weighted by molar-refractivity contribution is 5.99. The van der Waals surface area contributed by atoms with Gasteiger partial charge in [-0.05, 0) is 38.0 Å². The maximum absolute atomic E-state index is 13.3. The number of ether oxygens (including phenoxy) is 1. The van der Waals surface area contributed by atoms with E-state index < -0.39 is 23.7 Å². The van der Waals surface area contributed by atoms with E-state index in [1.54, 1.807) is 0 Å². The lowest BCUT2D eigenvalue weighted by molar-refractivity contribution is -0.141. The maximum Gasteiger partial charge on any atom is 0.326 e. The van der Waals surface area contributed by atoms with Gasteiger partial charge in [0.15, 0.2) is 0 Å². The molecule has 20 heavy (non-hydrogen) atoms. The van der Waals surface area contributed by atoms with Crippen molar-refractivity contribution in [2.75, 3.05) is 7.11 Å². The summed E-state index contributed by atoms with van der Waals surface area (Å²) in [6, 6.07) is 2.58. The molecule has 6 heteroatoms. The number of carbonyl (C=O) groups is 2. The van der Waals surface area contributed by atoms with E-state index in [9.17, 15) is 14.0 Å². The van der Waals surface area contributed by atoms with Crippen molar-refractivity contribution in [2.24, 2.45) is 0 Å². The number of carboxylic acids is 1. The fraction of sp³-hybridized carbons (Fsp3) is 0.429. The molecule has 0 aliphatic heterocycles. The molecule has 1 saturated carbocycles. The number of amides is 1. The molecule has 1 aromatic rings. The summed E-state index contributed by atoms with van der Waals surface area (Å²) in [5.74, 6) is -1.92. The second-order valence-electron chi connectivity index (χ2n) is 4.80. The largest absolute Gasteiger partial charge is 0.496 e. The minimum absolute atomic E-state index is 0.0486. The van der Waals surface area contributed by atoms with Crippen molar-refractivity contribution >= 4 is 11.9 Å². The van der Waals surface area contributed by atoms with E-state index in [2.05, 4.69) is 0 Å². The number of aliphatic carboxylic acids is 1. The van der Waals surface area contributed by atoms with E-state index in [4.69, 9.17) is 9.84 Å². The van der Waals surface area contributed by atoms with Crippen molar-refractivity contribution in [3.05, 3.63) is 29.6 Å². The Balaban J connectivity index is 2.37. The van der Waals surface area contributed by atoms with Crippen LogP contribution in [-0.2, 0) is 4.79 Å². The first-order valence-electron chi connectivity index (χ1n) is 6.34. The first-order valence-corrected chi connectivity index (χ1v) is 6.34. The summed E-state index contributed by atoms with van der Waals surface area (Å²) in [6.45, 7) is 1.45. The molecule has 1 amide bonds.